The van der Waals surface area contributed by atoms with E-state index >= 15 is 0 Å². The fourth-order valence-electron chi connectivity index (χ4n) is 0.893. The predicted octanol–water partition coefficient (Wildman–Crippen LogP) is 3.72. The molecule has 0 spiro atoms. The highest BCUT2D eigenvalue weighted by atomic mass is 14.0. The molecule has 62 valence electrons. The Morgan fingerprint density at radius 3 is 2.45 bits per heavy atom. The first kappa shape index (κ1) is 10.2. The molecule has 0 rings (SSSR count). The molecule has 0 heteroatoms. The van der Waals surface area contributed by atoms with Crippen LogP contribution in [0.5, 0.6) is 0 Å². The molecule has 0 radical (unpaired) electrons. The lowest BCUT2D eigenvalue weighted by molar-refractivity contribution is 0.639. The van der Waals surface area contributed by atoms with E-state index in [0.717, 1.165) is 12.8 Å². The lowest BCUT2D eigenvalue weighted by atomic mass is 10.0. The molecule has 0 aromatic rings. The van der Waals surface area contributed by atoms with Crippen LogP contribution < -0.4 is 0 Å². The van der Waals surface area contributed by atoms with Crippen molar-refractivity contribution in [3.05, 3.63) is 37.5 Å². The zero-order valence-electron chi connectivity index (χ0n) is 7.42. The Morgan fingerprint density at radius 1 is 1.27 bits per heavy atom. The van der Waals surface area contributed by atoms with Crippen LogP contribution in [0.4, 0.5) is 0 Å². The molecule has 0 nitrogen and oxygen atoms in total. The van der Waals surface area contributed by atoms with E-state index in [9.17, 15) is 0 Å². The summed E-state index contributed by atoms with van der Waals surface area (Å²) in [5, 5.41) is 0. The van der Waals surface area contributed by atoms with Crippen LogP contribution in [-0.2, 0) is 0 Å². The maximum absolute atomic E-state index is 3.78. The summed E-state index contributed by atoms with van der Waals surface area (Å²) in [5.74, 6) is 0.649. The van der Waals surface area contributed by atoms with Crippen molar-refractivity contribution in [2.45, 2.75) is 26.2 Å². The second-order valence-electron chi connectivity index (χ2n) is 2.64. The van der Waals surface area contributed by atoms with Gasteiger partial charge in [-0.1, -0.05) is 31.2 Å². The highest BCUT2D eigenvalue weighted by molar-refractivity contribution is 4.92. The van der Waals surface area contributed by atoms with Crippen LogP contribution in [0.2, 0.25) is 0 Å². The second kappa shape index (κ2) is 7.33. The van der Waals surface area contributed by atoms with E-state index in [0.29, 0.717) is 5.92 Å². The standard InChI is InChI=1S/C11H18/c1-4-7-8-9-10-11(5-2)6-3/h4-5,8-9,11H,1-2,6-7,10H2,3H3/b9-8+. The summed E-state index contributed by atoms with van der Waals surface area (Å²) in [6, 6.07) is 0. The summed E-state index contributed by atoms with van der Waals surface area (Å²) in [5.41, 5.74) is 0. The fraction of sp³-hybridized carbons (Fsp3) is 0.455. The van der Waals surface area contributed by atoms with Crippen LogP contribution in [-0.4, -0.2) is 0 Å². The van der Waals surface area contributed by atoms with Crippen molar-refractivity contribution in [3.63, 3.8) is 0 Å². The maximum atomic E-state index is 3.78. The topological polar surface area (TPSA) is 0 Å². The monoisotopic (exact) mass is 150 g/mol. The molecule has 0 saturated heterocycles. The van der Waals surface area contributed by atoms with Crippen molar-refractivity contribution >= 4 is 0 Å². The van der Waals surface area contributed by atoms with Gasteiger partial charge in [0.1, 0.15) is 0 Å². The number of hydrogen-bond donors (Lipinski definition) is 0. The summed E-state index contributed by atoms with van der Waals surface area (Å²) < 4.78 is 0. The first-order valence-corrected chi connectivity index (χ1v) is 4.23. The first-order valence-electron chi connectivity index (χ1n) is 4.23. The third kappa shape index (κ3) is 5.65. The maximum Gasteiger partial charge on any atom is -0.0172 e. The van der Waals surface area contributed by atoms with Crippen LogP contribution in [0.15, 0.2) is 37.5 Å². The number of hydrogen-bond acceptors (Lipinski definition) is 0. The van der Waals surface area contributed by atoms with Gasteiger partial charge in [-0.05, 0) is 25.2 Å². The molecule has 11 heavy (non-hydrogen) atoms. The number of allylic oxidation sites excluding steroid dienone is 4. The Bertz CT molecular complexity index is 131. The van der Waals surface area contributed by atoms with Crippen molar-refractivity contribution in [1.82, 2.24) is 0 Å². The molecule has 0 heterocycles. The van der Waals surface area contributed by atoms with Crippen molar-refractivity contribution in [3.8, 4) is 0 Å². The Hall–Kier alpha value is -0.780. The molecule has 0 amide bonds. The van der Waals surface area contributed by atoms with Crippen molar-refractivity contribution in [2.24, 2.45) is 5.92 Å². The van der Waals surface area contributed by atoms with Crippen LogP contribution >= 0.6 is 0 Å². The van der Waals surface area contributed by atoms with E-state index in [1.807, 2.05) is 12.2 Å². The third-order valence-electron chi connectivity index (χ3n) is 1.77. The molecule has 1 unspecified atom stereocenters. The van der Waals surface area contributed by atoms with E-state index in [1.54, 1.807) is 0 Å². The van der Waals surface area contributed by atoms with Crippen LogP contribution in [0.3, 0.4) is 0 Å². The molecule has 0 saturated carbocycles. The molecule has 0 aliphatic heterocycles. The van der Waals surface area contributed by atoms with E-state index in [1.165, 1.54) is 6.42 Å². The zero-order valence-corrected chi connectivity index (χ0v) is 7.42. The summed E-state index contributed by atoms with van der Waals surface area (Å²) in [7, 11) is 0. The molecule has 1 atom stereocenters. The van der Waals surface area contributed by atoms with Gasteiger partial charge in [0.25, 0.3) is 0 Å². The normalized spacial score (nSPS) is 13.2. The van der Waals surface area contributed by atoms with Crippen molar-refractivity contribution in [1.29, 1.82) is 0 Å². The average molecular weight is 150 g/mol. The Kier molecular flexibility index (Phi) is 6.81. The Balaban J connectivity index is 3.48. The molecule has 0 aliphatic rings. The third-order valence-corrected chi connectivity index (χ3v) is 1.77. The molecule has 0 aromatic carbocycles. The Morgan fingerprint density at radius 2 is 2.00 bits per heavy atom. The summed E-state index contributed by atoms with van der Waals surface area (Å²) >= 11 is 0. The highest BCUT2D eigenvalue weighted by Crippen LogP contribution is 2.09. The van der Waals surface area contributed by atoms with Gasteiger partial charge in [0.15, 0.2) is 0 Å². The van der Waals surface area contributed by atoms with Gasteiger partial charge in [-0.2, -0.15) is 0 Å². The van der Waals surface area contributed by atoms with E-state index in [2.05, 4.69) is 32.2 Å². The minimum Gasteiger partial charge on any atom is -0.103 e. The van der Waals surface area contributed by atoms with Crippen LogP contribution in [0.1, 0.15) is 26.2 Å². The minimum atomic E-state index is 0.649. The summed E-state index contributed by atoms with van der Waals surface area (Å²) in [4.78, 5) is 0. The molecule has 0 N–H and O–H groups in total. The molecule has 0 bridgehead atoms. The van der Waals surface area contributed by atoms with Crippen molar-refractivity contribution < 1.29 is 0 Å². The van der Waals surface area contributed by atoms with Gasteiger partial charge >= 0.3 is 0 Å². The van der Waals surface area contributed by atoms with E-state index < -0.39 is 0 Å². The summed E-state index contributed by atoms with van der Waals surface area (Å²) in [6.07, 6.45) is 11.6. The fourth-order valence-corrected chi connectivity index (χ4v) is 0.893. The second-order valence-corrected chi connectivity index (χ2v) is 2.64. The van der Waals surface area contributed by atoms with Crippen molar-refractivity contribution in [2.75, 3.05) is 0 Å². The predicted molar refractivity (Wildman–Crippen MR) is 52.5 cm³/mol. The van der Waals surface area contributed by atoms with Crippen LogP contribution in [0, 0.1) is 5.92 Å². The van der Waals surface area contributed by atoms with E-state index in [4.69, 9.17) is 0 Å². The van der Waals surface area contributed by atoms with Gasteiger partial charge in [0, 0.05) is 0 Å². The van der Waals surface area contributed by atoms with Crippen LogP contribution in [0.25, 0.3) is 0 Å². The molecule has 0 fully saturated rings. The first-order chi connectivity index (χ1) is 5.35. The van der Waals surface area contributed by atoms with Gasteiger partial charge in [0.2, 0.25) is 0 Å². The van der Waals surface area contributed by atoms with Gasteiger partial charge in [-0.15, -0.1) is 13.2 Å². The average Bonchev–Trinajstić information content (AvgIpc) is 2.05. The molecular formula is C11H18. The smallest absolute Gasteiger partial charge is 0.0172 e. The summed E-state index contributed by atoms with van der Waals surface area (Å²) in [6.45, 7) is 9.61. The molecule has 0 aromatic heterocycles. The largest absolute Gasteiger partial charge is 0.103 e. The molecule has 0 aliphatic carbocycles. The lowest BCUT2D eigenvalue weighted by Crippen LogP contribution is -1.89. The SMILES string of the molecule is C=CC/C=C/CC(C=C)CC. The van der Waals surface area contributed by atoms with Gasteiger partial charge in [-0.25, -0.2) is 0 Å². The Labute approximate surface area is 70.3 Å². The molecular weight excluding hydrogens is 132 g/mol. The van der Waals surface area contributed by atoms with Gasteiger partial charge in [0.05, 0.1) is 0 Å². The lowest BCUT2D eigenvalue weighted by Gasteiger charge is -2.03. The zero-order chi connectivity index (χ0) is 8.53. The van der Waals surface area contributed by atoms with E-state index in [-0.39, 0.29) is 0 Å². The quantitative estimate of drug-likeness (QED) is 0.506. The minimum absolute atomic E-state index is 0.649. The number of rotatable bonds is 6. The highest BCUT2D eigenvalue weighted by Gasteiger charge is 1.95. The van der Waals surface area contributed by atoms with Gasteiger partial charge in [-0.3, -0.25) is 0 Å². The van der Waals surface area contributed by atoms with Gasteiger partial charge < -0.3 is 0 Å².